The molecule has 0 saturated carbocycles. The Morgan fingerprint density at radius 2 is 2.24 bits per heavy atom. The molecule has 2 aliphatic heterocycles. The molecule has 3 heterocycles. The molecule has 1 amide bonds. The number of carbonyl (C=O) groups is 1. The lowest BCUT2D eigenvalue weighted by Crippen LogP contribution is -2.48. The van der Waals surface area contributed by atoms with E-state index in [1.807, 2.05) is 4.90 Å². The fraction of sp³-hybridized carbons (Fsp3) is 0.733. The van der Waals surface area contributed by atoms with Crippen LogP contribution in [0.3, 0.4) is 0 Å². The van der Waals surface area contributed by atoms with Gasteiger partial charge in [0.15, 0.2) is 0 Å². The third-order valence-electron chi connectivity index (χ3n) is 4.63. The van der Waals surface area contributed by atoms with Crippen molar-refractivity contribution in [3.05, 3.63) is 15.5 Å². The molecule has 1 atom stereocenters. The van der Waals surface area contributed by atoms with Gasteiger partial charge in [0.1, 0.15) is 15.4 Å². The molecule has 4 nitrogen and oxygen atoms in total. The molecule has 6 heteroatoms. The van der Waals surface area contributed by atoms with Crippen LogP contribution in [-0.4, -0.2) is 41.6 Å². The number of halogens is 1. The Hall–Kier alpha value is -0.650. The summed E-state index contributed by atoms with van der Waals surface area (Å²) in [5, 5.41) is 1.09. The van der Waals surface area contributed by atoms with Crippen molar-refractivity contribution >= 4 is 28.8 Å². The van der Waals surface area contributed by atoms with Gasteiger partial charge in [0.25, 0.3) is 5.91 Å². The van der Waals surface area contributed by atoms with Crippen molar-refractivity contribution < 1.29 is 9.53 Å². The fourth-order valence-electron chi connectivity index (χ4n) is 3.11. The summed E-state index contributed by atoms with van der Waals surface area (Å²) in [6.07, 6.45) is 6.43. The second kappa shape index (κ2) is 6.23. The van der Waals surface area contributed by atoms with Crippen molar-refractivity contribution in [2.24, 2.45) is 0 Å². The molecule has 0 N–H and O–H groups in total. The number of nitrogens with zero attached hydrogens (tertiary/aromatic N) is 2. The van der Waals surface area contributed by atoms with Gasteiger partial charge in [-0.2, -0.15) is 0 Å². The number of ether oxygens (including phenoxy) is 1. The Morgan fingerprint density at radius 3 is 2.81 bits per heavy atom. The molecule has 1 aromatic rings. The van der Waals surface area contributed by atoms with Crippen molar-refractivity contribution in [2.45, 2.75) is 50.5 Å². The summed E-state index contributed by atoms with van der Waals surface area (Å²) in [6.45, 7) is 4.51. The lowest BCUT2D eigenvalue weighted by molar-refractivity contribution is -0.148. The van der Waals surface area contributed by atoms with E-state index in [1.54, 1.807) is 17.5 Å². The van der Waals surface area contributed by atoms with E-state index in [2.05, 4.69) is 11.9 Å². The Labute approximate surface area is 134 Å². The number of piperidine rings is 1. The highest BCUT2D eigenvalue weighted by Crippen LogP contribution is 2.38. The highest BCUT2D eigenvalue weighted by Gasteiger charge is 2.37. The third-order valence-corrected chi connectivity index (χ3v) is 6.05. The van der Waals surface area contributed by atoms with Crippen LogP contribution in [0, 0.1) is 0 Å². The number of aromatic nitrogens is 1. The van der Waals surface area contributed by atoms with E-state index in [0.29, 0.717) is 0 Å². The van der Waals surface area contributed by atoms with E-state index >= 15 is 0 Å². The van der Waals surface area contributed by atoms with Crippen LogP contribution in [0.5, 0.6) is 0 Å². The van der Waals surface area contributed by atoms with Crippen LogP contribution < -0.4 is 0 Å². The smallest absolute Gasteiger partial charge is 0.251 e. The van der Waals surface area contributed by atoms with Gasteiger partial charge in [-0.05, 0) is 32.1 Å². The Morgan fingerprint density at radius 1 is 1.48 bits per heavy atom. The zero-order chi connectivity index (χ0) is 14.9. The molecule has 0 radical (unpaired) electrons. The molecule has 1 aromatic heterocycles. The SMILES string of the molecule is CC1(c2ncc(Cl)s2)CCN(C(=O)C2CCCCO2)CC1. The molecule has 21 heavy (non-hydrogen) atoms. The number of hydrogen-bond donors (Lipinski definition) is 0. The molecule has 2 saturated heterocycles. The quantitative estimate of drug-likeness (QED) is 0.837. The average molecular weight is 329 g/mol. The Balaban J connectivity index is 1.60. The summed E-state index contributed by atoms with van der Waals surface area (Å²) < 4.78 is 6.35. The van der Waals surface area contributed by atoms with E-state index in [4.69, 9.17) is 16.3 Å². The van der Waals surface area contributed by atoms with Crippen molar-refractivity contribution in [3.8, 4) is 0 Å². The van der Waals surface area contributed by atoms with Crippen molar-refractivity contribution in [3.63, 3.8) is 0 Å². The molecule has 0 aliphatic carbocycles. The van der Waals surface area contributed by atoms with Crippen LogP contribution in [-0.2, 0) is 14.9 Å². The largest absolute Gasteiger partial charge is 0.368 e. The first kappa shape index (κ1) is 15.3. The molecular weight excluding hydrogens is 308 g/mol. The third kappa shape index (κ3) is 3.25. The van der Waals surface area contributed by atoms with Crippen molar-refractivity contribution in [1.29, 1.82) is 0 Å². The summed E-state index contributed by atoms with van der Waals surface area (Å²) in [5.74, 6) is 0.175. The van der Waals surface area contributed by atoms with Gasteiger partial charge in [0.05, 0.1) is 6.20 Å². The number of thiazole rings is 1. The lowest BCUT2D eigenvalue weighted by Gasteiger charge is -2.39. The minimum absolute atomic E-state index is 0.0437. The molecular formula is C15H21ClN2O2S. The van der Waals surface area contributed by atoms with Crippen LogP contribution in [0.2, 0.25) is 4.34 Å². The second-order valence-electron chi connectivity index (χ2n) is 6.21. The molecule has 2 aliphatic rings. The zero-order valence-electron chi connectivity index (χ0n) is 12.3. The van der Waals surface area contributed by atoms with Gasteiger partial charge in [-0.1, -0.05) is 18.5 Å². The number of likely N-dealkylation sites (tertiary alicyclic amines) is 1. The predicted octanol–water partition coefficient (Wildman–Crippen LogP) is 3.25. The van der Waals surface area contributed by atoms with E-state index < -0.39 is 0 Å². The highest BCUT2D eigenvalue weighted by molar-refractivity contribution is 7.15. The Bertz CT molecular complexity index is 506. The summed E-state index contributed by atoms with van der Waals surface area (Å²) in [5.41, 5.74) is 0.0437. The summed E-state index contributed by atoms with van der Waals surface area (Å²) >= 11 is 7.55. The summed E-state index contributed by atoms with van der Waals surface area (Å²) in [4.78, 5) is 18.9. The Kier molecular flexibility index (Phi) is 4.52. The predicted molar refractivity (Wildman–Crippen MR) is 83.9 cm³/mol. The van der Waals surface area contributed by atoms with E-state index in [-0.39, 0.29) is 17.4 Å². The van der Waals surface area contributed by atoms with Gasteiger partial charge in [-0.25, -0.2) is 4.98 Å². The van der Waals surface area contributed by atoms with Gasteiger partial charge in [-0.15, -0.1) is 11.3 Å². The average Bonchev–Trinajstić information content (AvgIpc) is 2.96. The molecule has 0 bridgehead atoms. The number of amides is 1. The van der Waals surface area contributed by atoms with Crippen molar-refractivity contribution in [2.75, 3.05) is 19.7 Å². The normalized spacial score (nSPS) is 25.8. The fourth-order valence-corrected chi connectivity index (χ4v) is 4.22. The van der Waals surface area contributed by atoms with Crippen LogP contribution in [0.15, 0.2) is 6.20 Å². The molecule has 2 fully saturated rings. The van der Waals surface area contributed by atoms with E-state index in [0.717, 1.165) is 61.1 Å². The first-order chi connectivity index (χ1) is 10.1. The molecule has 3 rings (SSSR count). The second-order valence-corrected chi connectivity index (χ2v) is 7.87. The number of rotatable bonds is 2. The highest BCUT2D eigenvalue weighted by atomic mass is 35.5. The minimum Gasteiger partial charge on any atom is -0.368 e. The monoisotopic (exact) mass is 328 g/mol. The van der Waals surface area contributed by atoms with Crippen molar-refractivity contribution in [1.82, 2.24) is 9.88 Å². The van der Waals surface area contributed by atoms with E-state index in [1.165, 1.54) is 0 Å². The van der Waals surface area contributed by atoms with Crippen LogP contribution in [0.1, 0.15) is 44.0 Å². The lowest BCUT2D eigenvalue weighted by atomic mass is 9.81. The minimum atomic E-state index is -0.211. The molecule has 1 unspecified atom stereocenters. The maximum atomic E-state index is 12.5. The zero-order valence-corrected chi connectivity index (χ0v) is 13.9. The first-order valence-corrected chi connectivity index (χ1v) is 8.80. The van der Waals surface area contributed by atoms with Gasteiger partial charge >= 0.3 is 0 Å². The van der Waals surface area contributed by atoms with Crippen LogP contribution >= 0.6 is 22.9 Å². The first-order valence-electron chi connectivity index (χ1n) is 7.61. The van der Waals surface area contributed by atoms with Gasteiger partial charge in [0, 0.05) is 25.1 Å². The maximum Gasteiger partial charge on any atom is 0.251 e. The van der Waals surface area contributed by atoms with Gasteiger partial charge in [0.2, 0.25) is 0 Å². The number of hydrogen-bond acceptors (Lipinski definition) is 4. The van der Waals surface area contributed by atoms with E-state index in [9.17, 15) is 4.79 Å². The summed E-state index contributed by atoms with van der Waals surface area (Å²) in [7, 11) is 0. The van der Waals surface area contributed by atoms with Gasteiger partial charge < -0.3 is 9.64 Å². The molecule has 116 valence electrons. The number of carbonyl (C=O) groups excluding carboxylic acids is 1. The summed E-state index contributed by atoms with van der Waals surface area (Å²) in [6, 6.07) is 0. The maximum absolute atomic E-state index is 12.5. The van der Waals surface area contributed by atoms with Gasteiger partial charge in [-0.3, -0.25) is 4.79 Å². The van der Waals surface area contributed by atoms with Crippen LogP contribution in [0.4, 0.5) is 0 Å². The standard InChI is InChI=1S/C15H21ClN2O2S/c1-15(14-17-10-12(16)21-14)5-7-18(8-6-15)13(19)11-4-2-3-9-20-11/h10-11H,2-9H2,1H3. The topological polar surface area (TPSA) is 42.4 Å². The molecule has 0 spiro atoms. The van der Waals surface area contributed by atoms with Crippen LogP contribution in [0.25, 0.3) is 0 Å². The molecule has 0 aromatic carbocycles.